The molecular formula is C16H25N5O4S. The van der Waals surface area contributed by atoms with Gasteiger partial charge in [0.1, 0.15) is 6.61 Å². The number of carbonyl (C=O) groups is 3. The van der Waals surface area contributed by atoms with Crippen LogP contribution in [0.25, 0.3) is 0 Å². The lowest BCUT2D eigenvalue weighted by Gasteiger charge is -2.35. The molecule has 0 aromatic rings. The van der Waals surface area contributed by atoms with Gasteiger partial charge in [-0.15, -0.1) is 11.8 Å². The largest absolute Gasteiger partial charge is 0.445 e. The number of rotatable bonds is 5. The molecule has 3 fully saturated rings. The number of hydrogen-bond donors (Lipinski definition) is 4. The summed E-state index contributed by atoms with van der Waals surface area (Å²) < 4.78 is 4.77. The summed E-state index contributed by atoms with van der Waals surface area (Å²) in [4.78, 5) is 36.5. The first-order chi connectivity index (χ1) is 12.6. The van der Waals surface area contributed by atoms with Crippen molar-refractivity contribution in [2.24, 2.45) is 11.8 Å². The summed E-state index contributed by atoms with van der Waals surface area (Å²) in [5, 5.41) is 10.3. The summed E-state index contributed by atoms with van der Waals surface area (Å²) >= 11 is 1.52. The van der Waals surface area contributed by atoms with Crippen molar-refractivity contribution in [2.75, 3.05) is 32.0 Å². The molecule has 4 atom stereocenters. The Kier molecular flexibility index (Phi) is 6.52. The lowest BCUT2D eigenvalue weighted by Crippen LogP contribution is -2.59. The molecule has 144 valence electrons. The van der Waals surface area contributed by atoms with Crippen molar-refractivity contribution in [3.8, 4) is 0 Å². The number of ether oxygens (including phenoxy) is 1. The van der Waals surface area contributed by atoms with Gasteiger partial charge in [0.05, 0.1) is 23.4 Å². The van der Waals surface area contributed by atoms with Gasteiger partial charge in [-0.05, 0) is 18.6 Å². The molecule has 3 saturated heterocycles. The normalized spacial score (nSPS) is 31.1. The second kappa shape index (κ2) is 8.85. The highest BCUT2D eigenvalue weighted by Gasteiger charge is 2.39. The Morgan fingerprint density at radius 3 is 2.96 bits per heavy atom. The van der Waals surface area contributed by atoms with Crippen molar-refractivity contribution >= 4 is 29.7 Å². The quantitative estimate of drug-likeness (QED) is 0.465. The summed E-state index contributed by atoms with van der Waals surface area (Å²) in [7, 11) is 0. The van der Waals surface area contributed by atoms with E-state index in [0.717, 1.165) is 18.7 Å². The minimum absolute atomic E-state index is 0.0406. The van der Waals surface area contributed by atoms with E-state index in [-0.39, 0.29) is 23.8 Å². The van der Waals surface area contributed by atoms with Crippen LogP contribution in [-0.4, -0.2) is 66.5 Å². The zero-order chi connectivity index (χ0) is 18.5. The number of alkyl carbamates (subject to hydrolysis) is 1. The zero-order valence-corrected chi connectivity index (χ0v) is 15.3. The second-order valence-electron chi connectivity index (χ2n) is 6.54. The third-order valence-electron chi connectivity index (χ3n) is 4.77. The topological polar surface area (TPSA) is 112 Å². The Morgan fingerprint density at radius 2 is 2.15 bits per heavy atom. The van der Waals surface area contributed by atoms with Crippen molar-refractivity contribution in [2.45, 2.75) is 24.4 Å². The average Bonchev–Trinajstić information content (AvgIpc) is 3.28. The molecule has 3 heterocycles. The number of carbonyl (C=O) groups excluding carboxylic acids is 3. The van der Waals surface area contributed by atoms with Gasteiger partial charge in [0.25, 0.3) is 0 Å². The molecule has 0 aromatic heterocycles. The van der Waals surface area contributed by atoms with Gasteiger partial charge >= 0.3 is 6.09 Å². The van der Waals surface area contributed by atoms with E-state index in [1.165, 1.54) is 17.8 Å². The molecule has 26 heavy (non-hydrogen) atoms. The van der Waals surface area contributed by atoms with E-state index in [4.69, 9.17) is 4.74 Å². The molecule has 10 heteroatoms. The van der Waals surface area contributed by atoms with Crippen molar-refractivity contribution in [3.63, 3.8) is 0 Å². The minimum atomic E-state index is -0.792. The van der Waals surface area contributed by atoms with Gasteiger partial charge in [0.2, 0.25) is 11.8 Å². The van der Waals surface area contributed by atoms with Crippen LogP contribution in [-0.2, 0) is 14.3 Å². The Hall–Kier alpha value is -1.62. The van der Waals surface area contributed by atoms with E-state index in [2.05, 4.69) is 33.0 Å². The first-order valence-corrected chi connectivity index (χ1v) is 9.87. The van der Waals surface area contributed by atoms with Crippen LogP contribution in [0, 0.1) is 11.8 Å². The summed E-state index contributed by atoms with van der Waals surface area (Å²) in [5.41, 5.74) is 3.27. The van der Waals surface area contributed by atoms with Crippen molar-refractivity contribution in [3.05, 3.63) is 12.7 Å². The predicted molar refractivity (Wildman–Crippen MR) is 96.8 cm³/mol. The van der Waals surface area contributed by atoms with E-state index in [1.807, 2.05) is 0 Å². The lowest BCUT2D eigenvalue weighted by atomic mass is 10.0. The van der Waals surface area contributed by atoms with E-state index < -0.39 is 17.9 Å². The zero-order valence-electron chi connectivity index (χ0n) is 14.5. The van der Waals surface area contributed by atoms with Gasteiger partial charge < -0.3 is 10.1 Å². The van der Waals surface area contributed by atoms with Crippen LogP contribution in [0.15, 0.2) is 12.7 Å². The Morgan fingerprint density at radius 1 is 1.31 bits per heavy atom. The molecule has 0 bridgehead atoms. The number of hydrazine groups is 1. The summed E-state index contributed by atoms with van der Waals surface area (Å²) in [6.07, 6.45) is 2.56. The van der Waals surface area contributed by atoms with Gasteiger partial charge in [-0.1, -0.05) is 12.7 Å². The number of thioether (sulfide) groups is 1. The van der Waals surface area contributed by atoms with Gasteiger partial charge in [-0.2, -0.15) is 0 Å². The van der Waals surface area contributed by atoms with Gasteiger partial charge in [0.15, 0.2) is 0 Å². The number of amides is 3. The molecule has 3 aliphatic heterocycles. The second-order valence-corrected chi connectivity index (χ2v) is 7.79. The first kappa shape index (κ1) is 19.2. The average molecular weight is 383 g/mol. The molecule has 9 nitrogen and oxygen atoms in total. The molecule has 0 radical (unpaired) electrons. The Balaban J connectivity index is 1.50. The highest BCUT2D eigenvalue weighted by Crippen LogP contribution is 2.31. The van der Waals surface area contributed by atoms with Gasteiger partial charge in [0, 0.05) is 19.6 Å². The molecule has 0 aromatic carbocycles. The molecule has 0 saturated carbocycles. The van der Waals surface area contributed by atoms with Crippen LogP contribution in [0.3, 0.4) is 0 Å². The van der Waals surface area contributed by atoms with E-state index in [0.29, 0.717) is 25.7 Å². The first-order valence-electron chi connectivity index (χ1n) is 8.82. The maximum atomic E-state index is 12.6. The third-order valence-corrected chi connectivity index (χ3v) is 6.04. The molecule has 3 rings (SSSR count). The maximum absolute atomic E-state index is 12.6. The minimum Gasteiger partial charge on any atom is -0.445 e. The highest BCUT2D eigenvalue weighted by atomic mass is 32.2. The lowest BCUT2D eigenvalue weighted by molar-refractivity contribution is -0.128. The van der Waals surface area contributed by atoms with Crippen LogP contribution in [0.2, 0.25) is 0 Å². The Labute approximate surface area is 156 Å². The highest BCUT2D eigenvalue weighted by molar-refractivity contribution is 8.00. The third kappa shape index (κ3) is 4.56. The fourth-order valence-electron chi connectivity index (χ4n) is 3.39. The molecule has 0 aliphatic carbocycles. The SMILES string of the molecule is C=CCOC(=O)NC(=O)C1CCSC1NC(=O)C1CNC2CCNN2C1. The number of nitrogens with zero attached hydrogens (tertiary/aromatic N) is 1. The molecule has 3 aliphatic rings. The monoisotopic (exact) mass is 383 g/mol. The number of nitrogens with one attached hydrogen (secondary N) is 4. The van der Waals surface area contributed by atoms with Crippen LogP contribution in [0.4, 0.5) is 4.79 Å². The van der Waals surface area contributed by atoms with Gasteiger partial charge in [-0.3, -0.25) is 25.6 Å². The van der Waals surface area contributed by atoms with E-state index in [1.54, 1.807) is 0 Å². The van der Waals surface area contributed by atoms with E-state index in [9.17, 15) is 14.4 Å². The number of fused-ring (bicyclic) bond motifs is 1. The van der Waals surface area contributed by atoms with Crippen LogP contribution < -0.4 is 21.4 Å². The summed E-state index contributed by atoms with van der Waals surface area (Å²) in [6, 6.07) is 0. The predicted octanol–water partition coefficient (Wildman–Crippen LogP) is -0.624. The molecule has 0 spiro atoms. The molecule has 4 N–H and O–H groups in total. The van der Waals surface area contributed by atoms with Crippen molar-refractivity contribution in [1.82, 2.24) is 26.4 Å². The van der Waals surface area contributed by atoms with Crippen LogP contribution in [0.5, 0.6) is 0 Å². The van der Waals surface area contributed by atoms with E-state index >= 15 is 0 Å². The fraction of sp³-hybridized carbons (Fsp3) is 0.688. The Bertz CT molecular complexity index is 575. The summed E-state index contributed by atoms with van der Waals surface area (Å²) in [5.74, 6) is -0.370. The molecule has 4 unspecified atom stereocenters. The molecule has 3 amide bonds. The number of hydrogen-bond acceptors (Lipinski definition) is 8. The van der Waals surface area contributed by atoms with Gasteiger partial charge in [-0.25, -0.2) is 9.80 Å². The van der Waals surface area contributed by atoms with Crippen LogP contribution in [0.1, 0.15) is 12.8 Å². The summed E-state index contributed by atoms with van der Waals surface area (Å²) in [6.45, 7) is 5.66. The smallest absolute Gasteiger partial charge is 0.414 e. The maximum Gasteiger partial charge on any atom is 0.414 e. The van der Waals surface area contributed by atoms with Crippen LogP contribution >= 0.6 is 11.8 Å². The van der Waals surface area contributed by atoms with Crippen molar-refractivity contribution < 1.29 is 19.1 Å². The standard InChI is InChI=1S/C16H25N5O4S/c1-2-6-25-16(24)20-14(23)11-4-7-26-15(11)19-13(22)10-8-17-12-3-5-18-21(12)9-10/h2,10-12,15,17-18H,1,3-9H2,(H,19,22)(H,20,23,24). The number of imide groups is 1. The fourth-order valence-corrected chi connectivity index (χ4v) is 4.73. The van der Waals surface area contributed by atoms with Crippen molar-refractivity contribution in [1.29, 1.82) is 0 Å². The molecular weight excluding hydrogens is 358 g/mol.